The molecule has 35 heavy (non-hydrogen) atoms. The number of rotatable bonds is 8. The molecule has 0 aliphatic heterocycles. The van der Waals surface area contributed by atoms with Crippen molar-refractivity contribution < 1.29 is 14.4 Å². The molecule has 0 aromatic heterocycles. The smallest absolute Gasteiger partial charge is 0.323 e. The van der Waals surface area contributed by atoms with Crippen LogP contribution in [-0.4, -0.2) is 23.9 Å². The maximum atomic E-state index is 13.0. The summed E-state index contributed by atoms with van der Waals surface area (Å²) in [4.78, 5) is 37.8. The van der Waals surface area contributed by atoms with E-state index >= 15 is 0 Å². The van der Waals surface area contributed by atoms with Crippen molar-refractivity contribution in [3.8, 4) is 0 Å². The number of nitrogens with one attached hydrogen (secondary N) is 4. The molecule has 0 bridgehead atoms. The summed E-state index contributed by atoms with van der Waals surface area (Å²) in [5.41, 5.74) is 3.78. The van der Waals surface area contributed by atoms with E-state index < -0.39 is 6.04 Å². The molecule has 0 saturated carbocycles. The predicted molar refractivity (Wildman–Crippen MR) is 139 cm³/mol. The van der Waals surface area contributed by atoms with Crippen molar-refractivity contribution in [1.29, 1.82) is 0 Å². The van der Waals surface area contributed by atoms with Crippen LogP contribution >= 0.6 is 0 Å². The van der Waals surface area contributed by atoms with Gasteiger partial charge >= 0.3 is 6.03 Å². The first-order valence-electron chi connectivity index (χ1n) is 11.6. The third kappa shape index (κ3) is 7.43. The molecule has 0 saturated heterocycles. The van der Waals surface area contributed by atoms with Crippen LogP contribution in [0.25, 0.3) is 0 Å². The Morgan fingerprint density at radius 2 is 1.26 bits per heavy atom. The molecular formula is C28H32N4O3. The zero-order valence-corrected chi connectivity index (χ0v) is 20.5. The number of anilines is 2. The molecule has 4 amide bonds. The lowest BCUT2D eigenvalue weighted by Gasteiger charge is -2.24. The number of hydrogen-bond donors (Lipinski definition) is 4. The van der Waals surface area contributed by atoms with Crippen LogP contribution < -0.4 is 21.3 Å². The minimum Gasteiger partial charge on any atom is -0.348 e. The van der Waals surface area contributed by atoms with Crippen LogP contribution in [0.5, 0.6) is 0 Å². The Bertz CT molecular complexity index is 1140. The van der Waals surface area contributed by atoms with Gasteiger partial charge in [-0.25, -0.2) is 4.79 Å². The Hall–Kier alpha value is -4.13. The monoisotopic (exact) mass is 472 g/mol. The molecule has 3 rings (SSSR count). The highest BCUT2D eigenvalue weighted by molar-refractivity contribution is 6.00. The molecule has 7 nitrogen and oxygen atoms in total. The SMILES string of the molecule is Cc1ccc(C(=O)NC(C(=O)NC(C)c2ccc(NC(=O)Nc3ccccc3)cc2)C(C)C)cc1. The van der Waals surface area contributed by atoms with E-state index in [4.69, 9.17) is 0 Å². The van der Waals surface area contributed by atoms with Gasteiger partial charge < -0.3 is 21.3 Å². The first kappa shape index (κ1) is 25.5. The van der Waals surface area contributed by atoms with Crippen LogP contribution in [-0.2, 0) is 4.79 Å². The molecule has 0 fully saturated rings. The largest absolute Gasteiger partial charge is 0.348 e. The summed E-state index contributed by atoms with van der Waals surface area (Å²) in [6, 6.07) is 22.4. The highest BCUT2D eigenvalue weighted by atomic mass is 16.2. The molecule has 7 heteroatoms. The lowest BCUT2D eigenvalue weighted by Crippen LogP contribution is -2.50. The van der Waals surface area contributed by atoms with Crippen LogP contribution in [0.1, 0.15) is 48.3 Å². The topological polar surface area (TPSA) is 99.3 Å². The van der Waals surface area contributed by atoms with Gasteiger partial charge in [-0.3, -0.25) is 9.59 Å². The van der Waals surface area contributed by atoms with E-state index in [9.17, 15) is 14.4 Å². The van der Waals surface area contributed by atoms with Gasteiger partial charge in [-0.15, -0.1) is 0 Å². The third-order valence-corrected chi connectivity index (χ3v) is 5.61. The standard InChI is InChI=1S/C28H32N4O3/c1-18(2)25(32-26(33)22-12-10-19(3)11-13-22)27(34)29-20(4)21-14-16-24(17-15-21)31-28(35)30-23-8-6-5-7-9-23/h5-18,20,25H,1-4H3,(H,29,34)(H,32,33)(H2,30,31,35). The van der Waals surface area contributed by atoms with Crippen molar-refractivity contribution in [2.24, 2.45) is 5.92 Å². The van der Waals surface area contributed by atoms with E-state index in [1.807, 2.05) is 70.2 Å². The molecule has 0 heterocycles. The minimum atomic E-state index is -0.672. The Labute approximate surface area is 206 Å². The average molecular weight is 473 g/mol. The first-order valence-corrected chi connectivity index (χ1v) is 11.6. The molecule has 4 N–H and O–H groups in total. The van der Waals surface area contributed by atoms with Gasteiger partial charge in [0.25, 0.3) is 5.91 Å². The second-order valence-electron chi connectivity index (χ2n) is 8.86. The molecule has 2 unspecified atom stereocenters. The van der Waals surface area contributed by atoms with Crippen molar-refractivity contribution in [2.45, 2.75) is 39.8 Å². The van der Waals surface area contributed by atoms with Gasteiger partial charge in [0.1, 0.15) is 6.04 Å². The molecule has 182 valence electrons. The Kier molecular flexibility index (Phi) is 8.62. The average Bonchev–Trinajstić information content (AvgIpc) is 2.83. The summed E-state index contributed by atoms with van der Waals surface area (Å²) in [6.07, 6.45) is 0. The first-order chi connectivity index (χ1) is 16.7. The maximum Gasteiger partial charge on any atom is 0.323 e. The van der Waals surface area contributed by atoms with E-state index in [0.29, 0.717) is 16.9 Å². The molecule has 3 aromatic carbocycles. The van der Waals surface area contributed by atoms with Gasteiger partial charge in [0, 0.05) is 16.9 Å². The predicted octanol–water partition coefficient (Wildman–Crippen LogP) is 5.27. The molecule has 3 aromatic rings. The lowest BCUT2D eigenvalue weighted by molar-refractivity contribution is -0.124. The van der Waals surface area contributed by atoms with E-state index in [1.165, 1.54) is 0 Å². The molecule has 2 atom stereocenters. The second-order valence-corrected chi connectivity index (χ2v) is 8.86. The molecule has 0 aliphatic rings. The number of carbonyl (C=O) groups is 3. The van der Waals surface area contributed by atoms with E-state index in [2.05, 4.69) is 21.3 Å². The van der Waals surface area contributed by atoms with Crippen LogP contribution in [0.15, 0.2) is 78.9 Å². The van der Waals surface area contributed by atoms with Gasteiger partial charge in [-0.05, 0) is 61.7 Å². The normalized spacial score (nSPS) is 12.4. The minimum absolute atomic E-state index is 0.0914. The van der Waals surface area contributed by atoms with Crippen LogP contribution in [0.4, 0.5) is 16.2 Å². The van der Waals surface area contributed by atoms with Crippen molar-refractivity contribution in [1.82, 2.24) is 10.6 Å². The number of benzene rings is 3. The van der Waals surface area contributed by atoms with Crippen molar-refractivity contribution in [3.05, 3.63) is 95.6 Å². The number of para-hydroxylation sites is 1. The number of amides is 4. The third-order valence-electron chi connectivity index (χ3n) is 5.61. The summed E-state index contributed by atoms with van der Waals surface area (Å²) < 4.78 is 0. The summed E-state index contributed by atoms with van der Waals surface area (Å²) in [5, 5.41) is 11.4. The molecular weight excluding hydrogens is 440 g/mol. The number of aryl methyl sites for hydroxylation is 1. The molecule has 0 spiro atoms. The summed E-state index contributed by atoms with van der Waals surface area (Å²) in [6.45, 7) is 7.62. The number of hydrogen-bond acceptors (Lipinski definition) is 3. The fourth-order valence-electron chi connectivity index (χ4n) is 3.52. The summed E-state index contributed by atoms with van der Waals surface area (Å²) in [7, 11) is 0. The molecule has 0 radical (unpaired) electrons. The Balaban J connectivity index is 1.57. The van der Waals surface area contributed by atoms with Crippen LogP contribution in [0.2, 0.25) is 0 Å². The Morgan fingerprint density at radius 3 is 1.83 bits per heavy atom. The van der Waals surface area contributed by atoms with Crippen molar-refractivity contribution in [2.75, 3.05) is 10.6 Å². The van der Waals surface area contributed by atoms with Gasteiger partial charge in [0.15, 0.2) is 0 Å². The fourth-order valence-corrected chi connectivity index (χ4v) is 3.52. The zero-order valence-electron chi connectivity index (χ0n) is 20.5. The number of carbonyl (C=O) groups excluding carboxylic acids is 3. The zero-order chi connectivity index (χ0) is 25.4. The van der Waals surface area contributed by atoms with Crippen LogP contribution in [0.3, 0.4) is 0 Å². The van der Waals surface area contributed by atoms with E-state index in [-0.39, 0.29) is 29.8 Å². The van der Waals surface area contributed by atoms with E-state index in [0.717, 1.165) is 11.1 Å². The van der Waals surface area contributed by atoms with Crippen molar-refractivity contribution >= 4 is 29.2 Å². The fraction of sp³-hybridized carbons (Fsp3) is 0.250. The summed E-state index contributed by atoms with van der Waals surface area (Å²) >= 11 is 0. The maximum absolute atomic E-state index is 13.0. The van der Waals surface area contributed by atoms with Gasteiger partial charge in [-0.1, -0.05) is 61.9 Å². The Morgan fingerprint density at radius 1 is 0.686 bits per heavy atom. The van der Waals surface area contributed by atoms with Gasteiger partial charge in [0.2, 0.25) is 5.91 Å². The van der Waals surface area contributed by atoms with Crippen molar-refractivity contribution in [3.63, 3.8) is 0 Å². The van der Waals surface area contributed by atoms with Gasteiger partial charge in [-0.2, -0.15) is 0 Å². The molecule has 0 aliphatic carbocycles. The highest BCUT2D eigenvalue weighted by Crippen LogP contribution is 2.17. The van der Waals surface area contributed by atoms with Gasteiger partial charge in [0.05, 0.1) is 6.04 Å². The quantitative estimate of drug-likeness (QED) is 0.359. The van der Waals surface area contributed by atoms with Crippen LogP contribution in [0, 0.1) is 12.8 Å². The summed E-state index contributed by atoms with van der Waals surface area (Å²) in [5.74, 6) is -0.626. The highest BCUT2D eigenvalue weighted by Gasteiger charge is 2.26. The lowest BCUT2D eigenvalue weighted by atomic mass is 10.0. The second kappa shape index (κ2) is 11.8. The van der Waals surface area contributed by atoms with E-state index in [1.54, 1.807) is 36.4 Å². The number of urea groups is 1.